The highest BCUT2D eigenvalue weighted by atomic mass is 19.4. The van der Waals surface area contributed by atoms with Crippen LogP contribution in [0.3, 0.4) is 0 Å². The molecule has 0 bridgehead atoms. The lowest BCUT2D eigenvalue weighted by Crippen LogP contribution is -2.33. The Morgan fingerprint density at radius 2 is 1.96 bits per heavy atom. The van der Waals surface area contributed by atoms with Crippen LogP contribution in [0.25, 0.3) is 0 Å². The Morgan fingerprint density at radius 1 is 1.22 bits per heavy atom. The van der Waals surface area contributed by atoms with Crippen molar-refractivity contribution < 1.29 is 18.0 Å². The Morgan fingerprint density at radius 3 is 2.65 bits per heavy atom. The van der Waals surface area contributed by atoms with Crippen molar-refractivity contribution in [2.24, 2.45) is 0 Å². The maximum atomic E-state index is 12.4. The predicted molar refractivity (Wildman–Crippen MR) is 79.1 cm³/mol. The minimum Gasteiger partial charge on any atom is -0.357 e. The van der Waals surface area contributed by atoms with Crippen LogP contribution in [0, 0.1) is 0 Å². The standard InChI is InChI=1S/C15H15F3N4O/c16-15(17,18)10-21-8-7-13(20-21)19-12-6-9-22(14(12)23)11-4-2-1-3-5-11/h1-5,7-8,12H,6,9-10H2,(H,19,20). The normalized spacial score (nSPS) is 18.5. The van der Waals surface area contributed by atoms with Crippen molar-refractivity contribution >= 4 is 17.4 Å². The molecule has 0 radical (unpaired) electrons. The highest BCUT2D eigenvalue weighted by Gasteiger charge is 2.33. The number of carbonyl (C=O) groups is 1. The summed E-state index contributed by atoms with van der Waals surface area (Å²) in [7, 11) is 0. The number of alkyl halides is 3. The fourth-order valence-electron chi connectivity index (χ4n) is 2.57. The van der Waals surface area contributed by atoms with Crippen molar-refractivity contribution in [3.05, 3.63) is 42.6 Å². The number of hydrogen-bond acceptors (Lipinski definition) is 3. The number of anilines is 2. The largest absolute Gasteiger partial charge is 0.408 e. The molecule has 1 fully saturated rings. The van der Waals surface area contributed by atoms with E-state index < -0.39 is 18.8 Å². The van der Waals surface area contributed by atoms with Crippen molar-refractivity contribution in [2.75, 3.05) is 16.8 Å². The number of halogens is 3. The number of hydrogen-bond donors (Lipinski definition) is 1. The highest BCUT2D eigenvalue weighted by molar-refractivity contribution is 6.00. The van der Waals surface area contributed by atoms with Gasteiger partial charge in [-0.1, -0.05) is 18.2 Å². The van der Waals surface area contributed by atoms with E-state index in [1.54, 1.807) is 4.90 Å². The van der Waals surface area contributed by atoms with E-state index >= 15 is 0 Å². The van der Waals surface area contributed by atoms with Crippen molar-refractivity contribution in [1.29, 1.82) is 0 Å². The van der Waals surface area contributed by atoms with E-state index in [0.29, 0.717) is 13.0 Å². The van der Waals surface area contributed by atoms with Gasteiger partial charge in [-0.15, -0.1) is 0 Å². The van der Waals surface area contributed by atoms with Gasteiger partial charge < -0.3 is 10.2 Å². The zero-order chi connectivity index (χ0) is 16.4. The first-order chi connectivity index (χ1) is 10.9. The molecule has 2 heterocycles. The second-order valence-corrected chi connectivity index (χ2v) is 5.32. The van der Waals surface area contributed by atoms with Crippen LogP contribution in [0.2, 0.25) is 0 Å². The molecule has 1 aliphatic rings. The summed E-state index contributed by atoms with van der Waals surface area (Å²) in [5.74, 6) is 0.157. The summed E-state index contributed by atoms with van der Waals surface area (Å²) in [5.41, 5.74) is 0.810. The molecular weight excluding hydrogens is 309 g/mol. The molecule has 0 saturated carbocycles. The Hall–Kier alpha value is -2.51. The smallest absolute Gasteiger partial charge is 0.357 e. The summed E-state index contributed by atoms with van der Waals surface area (Å²) in [5, 5.41) is 6.71. The van der Waals surface area contributed by atoms with Crippen LogP contribution in [0.1, 0.15) is 6.42 Å². The fraction of sp³-hybridized carbons (Fsp3) is 0.333. The van der Waals surface area contributed by atoms with Gasteiger partial charge in [0.05, 0.1) is 0 Å². The van der Waals surface area contributed by atoms with Crippen molar-refractivity contribution in [1.82, 2.24) is 9.78 Å². The summed E-state index contributed by atoms with van der Waals surface area (Å²) < 4.78 is 37.7. The van der Waals surface area contributed by atoms with Gasteiger partial charge in [0.2, 0.25) is 5.91 Å². The van der Waals surface area contributed by atoms with E-state index in [-0.39, 0.29) is 11.7 Å². The number of amides is 1. The molecule has 1 aromatic heterocycles. The zero-order valence-corrected chi connectivity index (χ0v) is 12.1. The fourth-order valence-corrected chi connectivity index (χ4v) is 2.57. The Kier molecular flexibility index (Phi) is 3.97. The van der Waals surface area contributed by atoms with Crippen LogP contribution < -0.4 is 10.2 Å². The highest BCUT2D eigenvalue weighted by Crippen LogP contribution is 2.23. The molecule has 0 spiro atoms. The number of nitrogens with one attached hydrogen (secondary N) is 1. The van der Waals surface area contributed by atoms with Crippen LogP contribution in [0.4, 0.5) is 24.7 Å². The molecule has 1 unspecified atom stereocenters. The lowest BCUT2D eigenvalue weighted by molar-refractivity contribution is -0.142. The molecule has 1 atom stereocenters. The van der Waals surface area contributed by atoms with E-state index in [0.717, 1.165) is 10.4 Å². The van der Waals surface area contributed by atoms with E-state index in [2.05, 4.69) is 10.4 Å². The molecule has 2 aromatic rings. The summed E-state index contributed by atoms with van der Waals surface area (Å²) in [6.45, 7) is -0.590. The van der Waals surface area contributed by atoms with Crippen LogP contribution >= 0.6 is 0 Å². The molecular formula is C15H15F3N4O. The molecule has 0 aliphatic carbocycles. The molecule has 1 aliphatic heterocycles. The SMILES string of the molecule is O=C1C(Nc2ccn(CC(F)(F)F)n2)CCN1c1ccccc1. The van der Waals surface area contributed by atoms with Gasteiger partial charge in [0, 0.05) is 24.5 Å². The first-order valence-corrected chi connectivity index (χ1v) is 7.15. The van der Waals surface area contributed by atoms with E-state index in [4.69, 9.17) is 0 Å². The summed E-state index contributed by atoms with van der Waals surface area (Å²) in [4.78, 5) is 14.1. The lowest BCUT2D eigenvalue weighted by Gasteiger charge is -2.17. The third kappa shape index (κ3) is 3.64. The Bertz CT molecular complexity index is 684. The van der Waals surface area contributed by atoms with Crippen molar-refractivity contribution in [3.8, 4) is 0 Å². The second kappa shape index (κ2) is 5.94. The molecule has 23 heavy (non-hydrogen) atoms. The van der Waals surface area contributed by atoms with Crippen molar-refractivity contribution in [2.45, 2.75) is 25.2 Å². The molecule has 1 saturated heterocycles. The van der Waals surface area contributed by atoms with Gasteiger partial charge in [-0.2, -0.15) is 18.3 Å². The second-order valence-electron chi connectivity index (χ2n) is 5.32. The summed E-state index contributed by atoms with van der Waals surface area (Å²) in [6.07, 6.45) is -2.51. The maximum Gasteiger partial charge on any atom is 0.408 e. The van der Waals surface area contributed by atoms with Gasteiger partial charge in [0.1, 0.15) is 18.4 Å². The average molecular weight is 324 g/mol. The lowest BCUT2D eigenvalue weighted by atomic mass is 10.2. The van der Waals surface area contributed by atoms with Gasteiger partial charge in [0.25, 0.3) is 0 Å². The van der Waals surface area contributed by atoms with E-state index in [1.165, 1.54) is 12.3 Å². The molecule has 1 amide bonds. The molecule has 3 rings (SSSR count). The van der Waals surface area contributed by atoms with E-state index in [9.17, 15) is 18.0 Å². The van der Waals surface area contributed by atoms with Gasteiger partial charge in [-0.25, -0.2) is 0 Å². The quantitative estimate of drug-likeness (QED) is 0.941. The van der Waals surface area contributed by atoms with Gasteiger partial charge in [-0.3, -0.25) is 9.48 Å². The third-order valence-electron chi connectivity index (χ3n) is 3.58. The topological polar surface area (TPSA) is 50.2 Å². The van der Waals surface area contributed by atoms with Crippen LogP contribution in [-0.2, 0) is 11.3 Å². The monoisotopic (exact) mass is 324 g/mol. The minimum atomic E-state index is -4.32. The van der Waals surface area contributed by atoms with Crippen LogP contribution in [0.15, 0.2) is 42.6 Å². The average Bonchev–Trinajstić information content (AvgIpc) is 3.06. The Labute approximate surface area is 130 Å². The van der Waals surface area contributed by atoms with E-state index in [1.807, 2.05) is 30.3 Å². The molecule has 1 aromatic carbocycles. The number of carbonyl (C=O) groups excluding carboxylic acids is 1. The number of aromatic nitrogens is 2. The number of benzene rings is 1. The molecule has 5 nitrogen and oxygen atoms in total. The van der Waals surface area contributed by atoms with Gasteiger partial charge >= 0.3 is 6.18 Å². The van der Waals surface area contributed by atoms with Crippen molar-refractivity contribution in [3.63, 3.8) is 0 Å². The third-order valence-corrected chi connectivity index (χ3v) is 3.58. The number of nitrogens with zero attached hydrogens (tertiary/aromatic N) is 3. The molecule has 1 N–H and O–H groups in total. The number of para-hydroxylation sites is 1. The molecule has 122 valence electrons. The zero-order valence-electron chi connectivity index (χ0n) is 12.1. The minimum absolute atomic E-state index is 0.110. The maximum absolute atomic E-state index is 12.4. The summed E-state index contributed by atoms with van der Waals surface area (Å²) in [6, 6.07) is 10.2. The van der Waals surface area contributed by atoms with Gasteiger partial charge in [0.15, 0.2) is 0 Å². The Balaban J connectivity index is 1.64. The first kappa shape index (κ1) is 15.4. The first-order valence-electron chi connectivity index (χ1n) is 7.15. The molecule has 8 heteroatoms. The number of rotatable bonds is 4. The predicted octanol–water partition coefficient (Wildman–Crippen LogP) is 2.66. The summed E-state index contributed by atoms with van der Waals surface area (Å²) >= 11 is 0. The van der Waals surface area contributed by atoms with Crippen LogP contribution in [-0.4, -0.2) is 34.5 Å². The van der Waals surface area contributed by atoms with Crippen LogP contribution in [0.5, 0.6) is 0 Å². The van der Waals surface area contributed by atoms with Gasteiger partial charge in [-0.05, 0) is 18.6 Å².